The van der Waals surface area contributed by atoms with Crippen molar-refractivity contribution >= 4 is 27.2 Å². The molecule has 2 aromatic rings. The molecule has 0 aliphatic carbocycles. The van der Waals surface area contributed by atoms with Crippen molar-refractivity contribution in [1.29, 1.82) is 0 Å². The fourth-order valence-corrected chi connectivity index (χ4v) is 3.54. The fourth-order valence-electron chi connectivity index (χ4n) is 2.54. The van der Waals surface area contributed by atoms with Crippen molar-refractivity contribution in [3.05, 3.63) is 52.7 Å². The molecule has 2 heterocycles. The lowest BCUT2D eigenvalue weighted by atomic mass is 10.3. The Labute approximate surface area is 144 Å². The van der Waals surface area contributed by atoms with E-state index < -0.39 is 14.9 Å². The topological polar surface area (TPSA) is 117 Å². The highest BCUT2D eigenvalue weighted by atomic mass is 32.2. The number of non-ortho nitro benzene ring substituents is 1. The quantitative estimate of drug-likeness (QED) is 0.605. The standard InChI is InChI=1S/C15H17N5O4S/c21-20(22)12-1-3-14(4-2-12)25(23,24)18-15-11-13(5-6-17-15)19-9-7-16-8-10-19/h1-6,11,16H,7-10H2,(H,17,18). The molecule has 1 aliphatic rings. The molecule has 0 bridgehead atoms. The molecule has 0 unspecified atom stereocenters. The Balaban J connectivity index is 1.79. The van der Waals surface area contributed by atoms with E-state index in [1.165, 1.54) is 12.1 Å². The molecule has 0 amide bonds. The molecule has 1 saturated heterocycles. The highest BCUT2D eigenvalue weighted by molar-refractivity contribution is 7.92. The van der Waals surface area contributed by atoms with Gasteiger partial charge >= 0.3 is 0 Å². The van der Waals surface area contributed by atoms with E-state index in [4.69, 9.17) is 0 Å². The lowest BCUT2D eigenvalue weighted by molar-refractivity contribution is -0.384. The summed E-state index contributed by atoms with van der Waals surface area (Å²) >= 11 is 0. The van der Waals surface area contributed by atoms with Crippen LogP contribution in [0.2, 0.25) is 0 Å². The first kappa shape index (κ1) is 17.1. The van der Waals surface area contributed by atoms with Gasteiger partial charge in [0.05, 0.1) is 9.82 Å². The summed E-state index contributed by atoms with van der Waals surface area (Å²) < 4.78 is 27.3. The maximum absolute atomic E-state index is 12.4. The number of anilines is 2. The molecule has 0 atom stereocenters. The molecule has 1 aromatic heterocycles. The predicted molar refractivity (Wildman–Crippen MR) is 93.2 cm³/mol. The van der Waals surface area contributed by atoms with Crippen molar-refractivity contribution in [2.45, 2.75) is 4.90 Å². The maximum atomic E-state index is 12.4. The first-order valence-corrected chi connectivity index (χ1v) is 9.13. The Morgan fingerprint density at radius 3 is 2.48 bits per heavy atom. The van der Waals surface area contributed by atoms with Gasteiger partial charge in [0, 0.05) is 56.3 Å². The van der Waals surface area contributed by atoms with Gasteiger partial charge < -0.3 is 10.2 Å². The van der Waals surface area contributed by atoms with Crippen molar-refractivity contribution in [2.75, 3.05) is 35.8 Å². The summed E-state index contributed by atoms with van der Waals surface area (Å²) in [6.07, 6.45) is 1.55. The van der Waals surface area contributed by atoms with Gasteiger partial charge in [0.2, 0.25) is 0 Å². The number of sulfonamides is 1. The number of pyridine rings is 1. The van der Waals surface area contributed by atoms with Crippen LogP contribution in [0, 0.1) is 10.1 Å². The minimum Gasteiger partial charge on any atom is -0.369 e. The van der Waals surface area contributed by atoms with Crippen molar-refractivity contribution < 1.29 is 13.3 Å². The van der Waals surface area contributed by atoms with Crippen LogP contribution in [0.25, 0.3) is 0 Å². The monoisotopic (exact) mass is 363 g/mol. The Hall–Kier alpha value is -2.72. The van der Waals surface area contributed by atoms with Crippen LogP contribution in [0.4, 0.5) is 17.2 Å². The second-order valence-electron chi connectivity index (χ2n) is 5.49. The number of nitro groups is 1. The van der Waals surface area contributed by atoms with E-state index in [-0.39, 0.29) is 16.4 Å². The van der Waals surface area contributed by atoms with Gasteiger partial charge in [0.25, 0.3) is 15.7 Å². The number of benzene rings is 1. The molecule has 10 heteroatoms. The van der Waals surface area contributed by atoms with E-state index >= 15 is 0 Å². The predicted octanol–water partition coefficient (Wildman–Crippen LogP) is 1.20. The summed E-state index contributed by atoms with van der Waals surface area (Å²) in [7, 11) is -3.87. The van der Waals surface area contributed by atoms with Gasteiger partial charge in [-0.25, -0.2) is 13.4 Å². The van der Waals surface area contributed by atoms with Crippen LogP contribution in [-0.2, 0) is 10.0 Å². The number of nitro benzene ring substituents is 1. The van der Waals surface area contributed by atoms with Crippen LogP contribution in [0.3, 0.4) is 0 Å². The molecule has 0 radical (unpaired) electrons. The molecule has 1 fully saturated rings. The smallest absolute Gasteiger partial charge is 0.269 e. The summed E-state index contributed by atoms with van der Waals surface area (Å²) in [4.78, 5) is 16.2. The van der Waals surface area contributed by atoms with Crippen LogP contribution in [0.1, 0.15) is 0 Å². The number of hydrogen-bond donors (Lipinski definition) is 2. The second-order valence-corrected chi connectivity index (χ2v) is 7.18. The molecule has 1 aromatic carbocycles. The van der Waals surface area contributed by atoms with Crippen LogP contribution >= 0.6 is 0 Å². The average Bonchev–Trinajstić information content (AvgIpc) is 2.62. The molecule has 9 nitrogen and oxygen atoms in total. The first-order chi connectivity index (χ1) is 12.0. The molecule has 0 spiro atoms. The van der Waals surface area contributed by atoms with E-state index in [2.05, 4.69) is 19.9 Å². The number of nitrogens with zero attached hydrogens (tertiary/aromatic N) is 3. The van der Waals surface area contributed by atoms with Gasteiger partial charge in [-0.2, -0.15) is 0 Å². The van der Waals surface area contributed by atoms with Gasteiger partial charge in [-0.15, -0.1) is 0 Å². The molecule has 25 heavy (non-hydrogen) atoms. The number of rotatable bonds is 5. The van der Waals surface area contributed by atoms with Crippen molar-refractivity contribution in [3.8, 4) is 0 Å². The normalized spacial score (nSPS) is 15.0. The van der Waals surface area contributed by atoms with E-state index in [9.17, 15) is 18.5 Å². The van der Waals surface area contributed by atoms with Gasteiger partial charge in [0.1, 0.15) is 5.82 Å². The van der Waals surface area contributed by atoms with Crippen LogP contribution in [0.5, 0.6) is 0 Å². The van der Waals surface area contributed by atoms with E-state index in [0.717, 1.165) is 44.0 Å². The lowest BCUT2D eigenvalue weighted by Gasteiger charge is -2.29. The molecular weight excluding hydrogens is 346 g/mol. The third-order valence-electron chi connectivity index (χ3n) is 3.82. The Morgan fingerprint density at radius 2 is 1.84 bits per heavy atom. The average molecular weight is 363 g/mol. The third kappa shape index (κ3) is 4.03. The van der Waals surface area contributed by atoms with Crippen molar-refractivity contribution in [3.63, 3.8) is 0 Å². The van der Waals surface area contributed by atoms with Gasteiger partial charge in [-0.1, -0.05) is 0 Å². The minimum absolute atomic E-state index is 0.0625. The Bertz CT molecular complexity index is 864. The second kappa shape index (κ2) is 7.03. The van der Waals surface area contributed by atoms with E-state index in [0.29, 0.717) is 0 Å². The zero-order chi connectivity index (χ0) is 17.9. The summed E-state index contributed by atoms with van der Waals surface area (Å²) in [5.41, 5.74) is 0.718. The summed E-state index contributed by atoms with van der Waals surface area (Å²) in [5.74, 6) is 0.203. The summed E-state index contributed by atoms with van der Waals surface area (Å²) in [6, 6.07) is 8.20. The third-order valence-corrected chi connectivity index (χ3v) is 5.19. The van der Waals surface area contributed by atoms with Crippen molar-refractivity contribution in [1.82, 2.24) is 10.3 Å². The molecule has 0 saturated carbocycles. The lowest BCUT2D eigenvalue weighted by Crippen LogP contribution is -2.43. The van der Waals surface area contributed by atoms with E-state index in [1.54, 1.807) is 12.3 Å². The minimum atomic E-state index is -3.87. The highest BCUT2D eigenvalue weighted by Crippen LogP contribution is 2.21. The number of hydrogen-bond acceptors (Lipinski definition) is 7. The first-order valence-electron chi connectivity index (χ1n) is 7.65. The van der Waals surface area contributed by atoms with Crippen LogP contribution < -0.4 is 14.9 Å². The molecule has 1 aliphatic heterocycles. The van der Waals surface area contributed by atoms with Gasteiger partial charge in [-0.05, 0) is 18.2 Å². The maximum Gasteiger partial charge on any atom is 0.269 e. The summed E-state index contributed by atoms with van der Waals surface area (Å²) in [5, 5.41) is 13.9. The van der Waals surface area contributed by atoms with Crippen LogP contribution in [0.15, 0.2) is 47.5 Å². The van der Waals surface area contributed by atoms with Crippen molar-refractivity contribution in [2.24, 2.45) is 0 Å². The van der Waals surface area contributed by atoms with Crippen LogP contribution in [-0.4, -0.2) is 44.5 Å². The van der Waals surface area contributed by atoms with E-state index in [1.807, 2.05) is 6.07 Å². The Kier molecular flexibility index (Phi) is 4.81. The summed E-state index contributed by atoms with van der Waals surface area (Å²) in [6.45, 7) is 3.40. The SMILES string of the molecule is O=[N+]([O-])c1ccc(S(=O)(=O)Nc2cc(N3CCNCC3)ccn2)cc1. The molecule has 2 N–H and O–H groups in total. The Morgan fingerprint density at radius 1 is 1.16 bits per heavy atom. The number of aromatic nitrogens is 1. The number of piperazine rings is 1. The highest BCUT2D eigenvalue weighted by Gasteiger charge is 2.18. The fraction of sp³-hybridized carbons (Fsp3) is 0.267. The zero-order valence-corrected chi connectivity index (χ0v) is 14.1. The molecule has 132 valence electrons. The number of nitrogens with one attached hydrogen (secondary N) is 2. The zero-order valence-electron chi connectivity index (χ0n) is 13.3. The molecule has 3 rings (SSSR count). The largest absolute Gasteiger partial charge is 0.369 e. The molecular formula is C15H17N5O4S. The van der Waals surface area contributed by atoms with Gasteiger partial charge in [0.15, 0.2) is 0 Å². The van der Waals surface area contributed by atoms with Gasteiger partial charge in [-0.3, -0.25) is 14.8 Å².